The highest BCUT2D eigenvalue weighted by Crippen LogP contribution is 2.27. The van der Waals surface area contributed by atoms with Crippen molar-refractivity contribution >= 4 is 11.4 Å². The van der Waals surface area contributed by atoms with Gasteiger partial charge in [-0.15, -0.1) is 10.2 Å². The van der Waals surface area contributed by atoms with Gasteiger partial charge in [0.2, 0.25) is 5.89 Å². The molecule has 2 N–H and O–H groups in total. The first-order valence-electron chi connectivity index (χ1n) is 7.20. The highest BCUT2D eigenvalue weighted by Gasteiger charge is 2.17. The molecule has 2 heterocycles. The van der Waals surface area contributed by atoms with Gasteiger partial charge in [0.15, 0.2) is 11.5 Å². The van der Waals surface area contributed by atoms with Crippen molar-refractivity contribution in [2.75, 3.05) is 5.73 Å². The molecule has 1 aliphatic rings. The highest BCUT2D eigenvalue weighted by atomic mass is 16.4. The molecule has 112 valence electrons. The van der Waals surface area contributed by atoms with Crippen LogP contribution in [0.15, 0.2) is 59.2 Å². The Labute approximate surface area is 132 Å². The number of nitrogens with two attached hydrogens (primary N) is 1. The van der Waals surface area contributed by atoms with Crippen LogP contribution in [0.3, 0.4) is 0 Å². The number of allylic oxidation sites excluding steroid dienone is 4. The van der Waals surface area contributed by atoms with Crippen LogP contribution in [-0.2, 0) is 0 Å². The van der Waals surface area contributed by atoms with Gasteiger partial charge in [0.1, 0.15) is 0 Å². The van der Waals surface area contributed by atoms with Gasteiger partial charge < -0.3 is 10.2 Å². The van der Waals surface area contributed by atoms with Crippen molar-refractivity contribution in [1.82, 2.24) is 20.2 Å². The Morgan fingerprint density at radius 3 is 2.65 bits per heavy atom. The molecule has 0 unspecified atom stereocenters. The van der Waals surface area contributed by atoms with E-state index >= 15 is 0 Å². The first-order chi connectivity index (χ1) is 11.3. The highest BCUT2D eigenvalue weighted by molar-refractivity contribution is 5.76. The van der Waals surface area contributed by atoms with Crippen molar-refractivity contribution < 1.29 is 4.42 Å². The Hall–Kier alpha value is -3.28. The first kappa shape index (κ1) is 13.4. The molecule has 6 nitrogen and oxygen atoms in total. The number of nitrogen functional groups attached to an aromatic ring is 1. The maximum Gasteiger partial charge on any atom is 0.270 e. The maximum atomic E-state index is 5.93. The van der Waals surface area contributed by atoms with E-state index < -0.39 is 0 Å². The van der Waals surface area contributed by atoms with Crippen LogP contribution in [0.5, 0.6) is 0 Å². The summed E-state index contributed by atoms with van der Waals surface area (Å²) in [5.41, 5.74) is 8.93. The number of hydrogen-bond acceptors (Lipinski definition) is 6. The summed E-state index contributed by atoms with van der Waals surface area (Å²) in [4.78, 5) is 8.72. The minimum Gasteiger partial charge on any atom is -0.414 e. The molecule has 4 rings (SSSR count). The lowest BCUT2D eigenvalue weighted by atomic mass is 10.2. The molecule has 6 heteroatoms. The fourth-order valence-corrected chi connectivity index (χ4v) is 2.36. The molecule has 23 heavy (non-hydrogen) atoms. The van der Waals surface area contributed by atoms with E-state index in [1.165, 1.54) is 0 Å². The fraction of sp³-hybridized carbons (Fsp3) is 0.0588. The third kappa shape index (κ3) is 2.50. The van der Waals surface area contributed by atoms with E-state index in [9.17, 15) is 0 Å². The SMILES string of the molecule is Nc1ncc(C2=CCC=C2)nc1-c1nnc(-c2ccccc2)o1. The summed E-state index contributed by atoms with van der Waals surface area (Å²) in [5.74, 6) is 0.949. The van der Waals surface area contributed by atoms with Gasteiger partial charge in [-0.05, 0) is 24.1 Å². The molecule has 1 aliphatic carbocycles. The summed E-state index contributed by atoms with van der Waals surface area (Å²) in [5, 5.41) is 8.12. The van der Waals surface area contributed by atoms with Crippen LogP contribution in [0, 0.1) is 0 Å². The molecule has 3 aromatic rings. The van der Waals surface area contributed by atoms with Gasteiger partial charge in [-0.25, -0.2) is 9.97 Å². The topological polar surface area (TPSA) is 90.7 Å². The summed E-state index contributed by atoms with van der Waals surface area (Å²) in [7, 11) is 0. The van der Waals surface area contributed by atoms with Gasteiger partial charge in [0.05, 0.1) is 11.9 Å². The minimum atomic E-state index is 0.262. The predicted molar refractivity (Wildman–Crippen MR) is 86.9 cm³/mol. The first-order valence-corrected chi connectivity index (χ1v) is 7.20. The molecule has 0 amide bonds. The summed E-state index contributed by atoms with van der Waals surface area (Å²) in [6, 6.07) is 9.55. The van der Waals surface area contributed by atoms with E-state index in [0.29, 0.717) is 11.6 Å². The number of hydrogen-bond donors (Lipinski definition) is 1. The number of nitrogens with zero attached hydrogens (tertiary/aromatic N) is 4. The largest absolute Gasteiger partial charge is 0.414 e. The van der Waals surface area contributed by atoms with Crippen molar-refractivity contribution in [3.63, 3.8) is 0 Å². The van der Waals surface area contributed by atoms with E-state index in [-0.39, 0.29) is 11.7 Å². The number of rotatable bonds is 3. The van der Waals surface area contributed by atoms with Gasteiger partial charge in [0.25, 0.3) is 5.89 Å². The van der Waals surface area contributed by atoms with Crippen LogP contribution in [-0.4, -0.2) is 20.2 Å². The van der Waals surface area contributed by atoms with E-state index in [1.54, 1.807) is 6.20 Å². The van der Waals surface area contributed by atoms with Gasteiger partial charge in [0, 0.05) is 5.56 Å². The van der Waals surface area contributed by atoms with E-state index in [2.05, 4.69) is 32.3 Å². The fourth-order valence-electron chi connectivity index (χ4n) is 2.36. The monoisotopic (exact) mass is 303 g/mol. The summed E-state index contributed by atoms with van der Waals surface area (Å²) in [6.45, 7) is 0. The molecule has 0 atom stereocenters. The lowest BCUT2D eigenvalue weighted by Crippen LogP contribution is -2.00. The number of benzene rings is 1. The van der Waals surface area contributed by atoms with Gasteiger partial charge in [-0.2, -0.15) is 0 Å². The standard InChI is InChI=1S/C17H13N5O/c18-15-14(20-13(10-19-15)11-6-4-5-7-11)17-22-21-16(23-17)12-8-2-1-3-9-12/h1-4,6-10H,5H2,(H2,18,19). The van der Waals surface area contributed by atoms with Crippen LogP contribution in [0.2, 0.25) is 0 Å². The molecule has 0 fully saturated rings. The lowest BCUT2D eigenvalue weighted by Gasteiger charge is -2.03. The van der Waals surface area contributed by atoms with Gasteiger partial charge >= 0.3 is 0 Å². The Bertz CT molecular complexity index is 912. The molecule has 0 bridgehead atoms. The Morgan fingerprint density at radius 1 is 1.04 bits per heavy atom. The second kappa shape index (κ2) is 5.49. The Balaban J connectivity index is 1.75. The van der Waals surface area contributed by atoms with Crippen LogP contribution < -0.4 is 5.73 Å². The lowest BCUT2D eigenvalue weighted by molar-refractivity contribution is 0.582. The Morgan fingerprint density at radius 2 is 1.87 bits per heavy atom. The average molecular weight is 303 g/mol. The third-order valence-corrected chi connectivity index (χ3v) is 3.52. The van der Waals surface area contributed by atoms with E-state index in [1.807, 2.05) is 36.4 Å². The summed E-state index contributed by atoms with van der Waals surface area (Å²) in [6.07, 6.45) is 8.69. The van der Waals surface area contributed by atoms with Crippen molar-refractivity contribution in [2.45, 2.75) is 6.42 Å². The predicted octanol–water partition coefficient (Wildman–Crippen LogP) is 3.12. The van der Waals surface area contributed by atoms with Crippen molar-refractivity contribution in [2.24, 2.45) is 0 Å². The normalized spacial score (nSPS) is 13.3. The number of aromatic nitrogens is 4. The van der Waals surface area contributed by atoms with Crippen LogP contribution in [0.1, 0.15) is 12.1 Å². The van der Waals surface area contributed by atoms with Crippen LogP contribution in [0.4, 0.5) is 5.82 Å². The van der Waals surface area contributed by atoms with Crippen molar-refractivity contribution in [3.8, 4) is 23.0 Å². The third-order valence-electron chi connectivity index (χ3n) is 3.52. The Kier molecular flexibility index (Phi) is 3.20. The molecule has 2 aromatic heterocycles. The summed E-state index contributed by atoms with van der Waals surface area (Å²) >= 11 is 0. The van der Waals surface area contributed by atoms with Crippen LogP contribution >= 0.6 is 0 Å². The minimum absolute atomic E-state index is 0.262. The molecule has 0 aliphatic heterocycles. The summed E-state index contributed by atoms with van der Waals surface area (Å²) < 4.78 is 5.71. The second-order valence-corrected chi connectivity index (χ2v) is 5.07. The zero-order valence-electron chi connectivity index (χ0n) is 12.2. The maximum absolute atomic E-state index is 5.93. The van der Waals surface area contributed by atoms with Gasteiger partial charge in [-0.1, -0.05) is 36.4 Å². The molecular weight excluding hydrogens is 290 g/mol. The molecule has 0 saturated heterocycles. The molecule has 0 spiro atoms. The van der Waals surface area contributed by atoms with Gasteiger partial charge in [-0.3, -0.25) is 0 Å². The second-order valence-electron chi connectivity index (χ2n) is 5.07. The zero-order valence-corrected chi connectivity index (χ0v) is 12.2. The molecular formula is C17H13N5O. The smallest absolute Gasteiger partial charge is 0.270 e. The molecule has 0 saturated carbocycles. The van der Waals surface area contributed by atoms with Crippen molar-refractivity contribution in [1.29, 1.82) is 0 Å². The van der Waals surface area contributed by atoms with E-state index in [0.717, 1.165) is 23.3 Å². The number of anilines is 1. The molecule has 1 aromatic carbocycles. The van der Waals surface area contributed by atoms with E-state index in [4.69, 9.17) is 10.2 Å². The van der Waals surface area contributed by atoms with Crippen LogP contribution in [0.25, 0.3) is 28.6 Å². The quantitative estimate of drug-likeness (QED) is 0.799. The molecule has 0 radical (unpaired) electrons. The van der Waals surface area contributed by atoms with Crippen molar-refractivity contribution in [3.05, 3.63) is 60.5 Å². The zero-order chi connectivity index (χ0) is 15.6. The average Bonchev–Trinajstić information content (AvgIpc) is 3.28.